The van der Waals surface area contributed by atoms with Crippen molar-refractivity contribution in [2.45, 2.75) is 25.0 Å². The van der Waals surface area contributed by atoms with Crippen LogP contribution >= 0.6 is 0 Å². The Balaban J connectivity index is 1.25. The lowest BCUT2D eigenvalue weighted by atomic mass is 10.0. The van der Waals surface area contributed by atoms with E-state index in [1.807, 2.05) is 35.4 Å². The fourth-order valence-corrected chi connectivity index (χ4v) is 5.03. The number of nitrogens with one attached hydrogen (secondary N) is 1. The van der Waals surface area contributed by atoms with Crippen LogP contribution in [0, 0.1) is 11.8 Å². The standard InChI is InChI=1S/C22H25N5O2/c1-26(21-18-7-8-23-20(18)24-13-25-21)17-9-15-11-27(12-16(15)10-17)22(29)19(28)14-5-3-2-4-6-14/h2-8,13,15-17,19,28H,9-12H2,1H3,(H,23,24,25)/t15-,16+,17+,19?. The Morgan fingerprint density at radius 3 is 2.62 bits per heavy atom. The van der Waals surface area contributed by atoms with E-state index in [-0.39, 0.29) is 5.91 Å². The van der Waals surface area contributed by atoms with Crippen LogP contribution in [0.4, 0.5) is 5.82 Å². The molecule has 7 heteroatoms. The molecule has 1 amide bonds. The van der Waals surface area contributed by atoms with Gasteiger partial charge in [0.25, 0.3) is 5.91 Å². The molecule has 0 spiro atoms. The van der Waals surface area contributed by atoms with Gasteiger partial charge >= 0.3 is 0 Å². The van der Waals surface area contributed by atoms with Crippen molar-refractivity contribution in [2.24, 2.45) is 11.8 Å². The maximum absolute atomic E-state index is 12.8. The average Bonchev–Trinajstić information content (AvgIpc) is 3.47. The lowest BCUT2D eigenvalue weighted by Crippen LogP contribution is -2.36. The number of aromatic nitrogens is 3. The van der Waals surface area contributed by atoms with Gasteiger partial charge in [0.1, 0.15) is 17.8 Å². The van der Waals surface area contributed by atoms with Crippen LogP contribution in [0.25, 0.3) is 11.0 Å². The fourth-order valence-electron chi connectivity index (χ4n) is 5.03. The topological polar surface area (TPSA) is 85.4 Å². The van der Waals surface area contributed by atoms with Gasteiger partial charge in [-0.15, -0.1) is 0 Å². The van der Waals surface area contributed by atoms with Crippen LogP contribution in [0.5, 0.6) is 0 Å². The van der Waals surface area contributed by atoms with Crippen LogP contribution in [0.3, 0.4) is 0 Å². The summed E-state index contributed by atoms with van der Waals surface area (Å²) in [6.07, 6.45) is 4.48. The molecular formula is C22H25N5O2. The van der Waals surface area contributed by atoms with E-state index in [2.05, 4.69) is 26.9 Å². The molecule has 7 nitrogen and oxygen atoms in total. The number of benzene rings is 1. The van der Waals surface area contributed by atoms with E-state index >= 15 is 0 Å². The van der Waals surface area contributed by atoms with E-state index in [0.29, 0.717) is 23.4 Å². The minimum atomic E-state index is -1.07. The van der Waals surface area contributed by atoms with Crippen molar-refractivity contribution in [1.29, 1.82) is 0 Å². The Bertz CT molecular complexity index is 1010. The number of fused-ring (bicyclic) bond motifs is 2. The van der Waals surface area contributed by atoms with Crippen molar-refractivity contribution in [2.75, 3.05) is 25.0 Å². The van der Waals surface area contributed by atoms with Gasteiger partial charge in [-0.2, -0.15) is 0 Å². The number of hydrogen-bond acceptors (Lipinski definition) is 5. The van der Waals surface area contributed by atoms with Crippen LogP contribution in [-0.4, -0.2) is 57.0 Å². The molecular weight excluding hydrogens is 366 g/mol. The largest absolute Gasteiger partial charge is 0.378 e. The second kappa shape index (κ2) is 7.15. The van der Waals surface area contributed by atoms with Crippen molar-refractivity contribution in [3.05, 3.63) is 54.5 Å². The number of carbonyl (C=O) groups excluding carboxylic acids is 1. The first-order valence-corrected chi connectivity index (χ1v) is 10.1. The van der Waals surface area contributed by atoms with Gasteiger partial charge in [0, 0.05) is 32.4 Å². The second-order valence-electron chi connectivity index (χ2n) is 8.25. The monoisotopic (exact) mass is 391 g/mol. The second-order valence-corrected chi connectivity index (χ2v) is 8.25. The Kier molecular flexibility index (Phi) is 4.47. The molecule has 1 unspecified atom stereocenters. The lowest BCUT2D eigenvalue weighted by molar-refractivity contribution is -0.139. The van der Waals surface area contributed by atoms with Gasteiger partial charge in [0.2, 0.25) is 0 Å². The summed E-state index contributed by atoms with van der Waals surface area (Å²) in [4.78, 5) is 28.8. The maximum Gasteiger partial charge on any atom is 0.256 e. The SMILES string of the molecule is CN(c1ncnc2[nH]ccc12)[C@H]1C[C@@H]2CN(C(=O)C(O)c3ccccc3)C[C@@H]2C1. The number of amides is 1. The van der Waals surface area contributed by atoms with Crippen LogP contribution in [0.15, 0.2) is 48.9 Å². The van der Waals surface area contributed by atoms with Crippen molar-refractivity contribution in [1.82, 2.24) is 19.9 Å². The van der Waals surface area contributed by atoms with Crippen molar-refractivity contribution >= 4 is 22.8 Å². The highest BCUT2D eigenvalue weighted by Gasteiger charge is 2.44. The third-order valence-electron chi connectivity index (χ3n) is 6.60. The van der Waals surface area contributed by atoms with Gasteiger partial charge in [-0.05, 0) is 36.3 Å². The number of H-pyrrole nitrogens is 1. The molecule has 1 saturated heterocycles. The molecule has 1 saturated carbocycles. The minimum Gasteiger partial charge on any atom is -0.378 e. The highest BCUT2D eigenvalue weighted by Crippen LogP contribution is 2.42. The first-order valence-electron chi connectivity index (χ1n) is 10.1. The Labute approximate surface area is 169 Å². The molecule has 1 aromatic carbocycles. The maximum atomic E-state index is 12.8. The number of anilines is 1. The zero-order valence-electron chi connectivity index (χ0n) is 16.4. The van der Waals surface area contributed by atoms with Gasteiger partial charge in [0.15, 0.2) is 6.10 Å². The van der Waals surface area contributed by atoms with Crippen molar-refractivity contribution in [3.8, 4) is 0 Å². The summed E-state index contributed by atoms with van der Waals surface area (Å²) in [5, 5.41) is 11.5. The third kappa shape index (κ3) is 3.15. The molecule has 2 aliphatic rings. The number of aromatic amines is 1. The quantitative estimate of drug-likeness (QED) is 0.713. The highest BCUT2D eigenvalue weighted by molar-refractivity contribution is 5.87. The molecule has 0 radical (unpaired) electrons. The minimum absolute atomic E-state index is 0.180. The summed E-state index contributed by atoms with van der Waals surface area (Å²) >= 11 is 0. The predicted octanol–water partition coefficient (Wildman–Crippen LogP) is 2.36. The molecule has 2 aromatic heterocycles. The molecule has 150 valence electrons. The van der Waals surface area contributed by atoms with E-state index in [0.717, 1.165) is 42.8 Å². The van der Waals surface area contributed by atoms with Crippen LogP contribution < -0.4 is 4.90 Å². The molecule has 2 fully saturated rings. The van der Waals surface area contributed by atoms with E-state index < -0.39 is 6.10 Å². The van der Waals surface area contributed by atoms with Gasteiger partial charge in [0.05, 0.1) is 5.39 Å². The lowest BCUT2D eigenvalue weighted by Gasteiger charge is -2.28. The number of nitrogens with zero attached hydrogens (tertiary/aromatic N) is 4. The van der Waals surface area contributed by atoms with Crippen molar-refractivity contribution in [3.63, 3.8) is 0 Å². The van der Waals surface area contributed by atoms with Gasteiger partial charge in [-0.25, -0.2) is 9.97 Å². The highest BCUT2D eigenvalue weighted by atomic mass is 16.3. The van der Waals surface area contributed by atoms with Gasteiger partial charge in [-0.3, -0.25) is 4.79 Å². The molecule has 0 bridgehead atoms. The molecule has 5 rings (SSSR count). The normalized spacial score (nSPS) is 24.6. The summed E-state index contributed by atoms with van der Waals surface area (Å²) in [6.45, 7) is 1.45. The summed E-state index contributed by atoms with van der Waals surface area (Å²) in [5.41, 5.74) is 1.51. The summed E-state index contributed by atoms with van der Waals surface area (Å²) in [7, 11) is 2.10. The Morgan fingerprint density at radius 1 is 1.17 bits per heavy atom. The zero-order valence-corrected chi connectivity index (χ0v) is 16.4. The first-order chi connectivity index (χ1) is 14.1. The summed E-state index contributed by atoms with van der Waals surface area (Å²) in [5.74, 6) is 1.71. The van der Waals surface area contributed by atoms with Gasteiger partial charge < -0.3 is 19.9 Å². The number of rotatable bonds is 4. The molecule has 2 N–H and O–H groups in total. The fraction of sp³-hybridized carbons (Fsp3) is 0.409. The number of aliphatic hydroxyl groups is 1. The average molecular weight is 391 g/mol. The van der Waals surface area contributed by atoms with Crippen LogP contribution in [0.2, 0.25) is 0 Å². The predicted molar refractivity (Wildman–Crippen MR) is 110 cm³/mol. The Hall–Kier alpha value is -2.93. The number of aliphatic hydroxyl groups excluding tert-OH is 1. The van der Waals surface area contributed by atoms with E-state index in [1.54, 1.807) is 18.5 Å². The summed E-state index contributed by atoms with van der Waals surface area (Å²) in [6, 6.07) is 11.6. The van der Waals surface area contributed by atoms with Crippen LogP contribution in [0.1, 0.15) is 24.5 Å². The van der Waals surface area contributed by atoms with Gasteiger partial charge in [-0.1, -0.05) is 30.3 Å². The van der Waals surface area contributed by atoms with Crippen LogP contribution in [-0.2, 0) is 4.79 Å². The van der Waals surface area contributed by atoms with E-state index in [1.165, 1.54) is 0 Å². The zero-order chi connectivity index (χ0) is 20.0. The first kappa shape index (κ1) is 18.1. The molecule has 1 aliphatic heterocycles. The van der Waals surface area contributed by atoms with Crippen molar-refractivity contribution < 1.29 is 9.90 Å². The van der Waals surface area contributed by atoms with E-state index in [4.69, 9.17) is 0 Å². The summed E-state index contributed by atoms with van der Waals surface area (Å²) < 4.78 is 0. The third-order valence-corrected chi connectivity index (χ3v) is 6.60. The molecule has 3 aromatic rings. The Morgan fingerprint density at radius 2 is 1.90 bits per heavy atom. The number of hydrogen-bond donors (Lipinski definition) is 2. The van der Waals surface area contributed by atoms with E-state index in [9.17, 15) is 9.90 Å². The smallest absolute Gasteiger partial charge is 0.256 e. The number of carbonyl (C=O) groups is 1. The molecule has 3 heterocycles. The molecule has 29 heavy (non-hydrogen) atoms. The molecule has 1 aliphatic carbocycles. The number of likely N-dealkylation sites (tertiary alicyclic amines) is 1. The molecule has 4 atom stereocenters.